The van der Waals surface area contributed by atoms with Crippen molar-refractivity contribution >= 4 is 11.7 Å². The van der Waals surface area contributed by atoms with Crippen molar-refractivity contribution in [2.75, 3.05) is 12.4 Å². The molecule has 0 amide bonds. The molecule has 5 aromatic carbocycles. The summed E-state index contributed by atoms with van der Waals surface area (Å²) in [6.45, 7) is 13.0. The summed E-state index contributed by atoms with van der Waals surface area (Å²) >= 11 is 0. The summed E-state index contributed by atoms with van der Waals surface area (Å²) in [5.41, 5.74) is 10.2. The predicted octanol–water partition coefficient (Wildman–Crippen LogP) is 10.7. The first-order chi connectivity index (χ1) is 23.2. The lowest BCUT2D eigenvalue weighted by molar-refractivity contribution is -0.134. The molecule has 0 radical (unpaired) electrons. The molecule has 0 bridgehead atoms. The lowest BCUT2D eigenvalue weighted by atomic mass is 9.84. The number of para-hydroxylation sites is 2. The highest BCUT2D eigenvalue weighted by Gasteiger charge is 2.26. The van der Waals surface area contributed by atoms with E-state index in [1.165, 1.54) is 11.1 Å². The lowest BCUT2D eigenvalue weighted by Gasteiger charge is -2.24. The van der Waals surface area contributed by atoms with Gasteiger partial charge in [0.15, 0.2) is 0 Å². The average Bonchev–Trinajstić information content (AvgIpc) is 3.08. The molecule has 4 heteroatoms. The molecule has 1 atom stereocenters. The zero-order valence-electron chi connectivity index (χ0n) is 29.1. The summed E-state index contributed by atoms with van der Waals surface area (Å²) in [5, 5.41) is 3.45. The van der Waals surface area contributed by atoms with Crippen LogP contribution in [0.1, 0.15) is 73.8 Å². The Morgan fingerprint density at radius 2 is 1.23 bits per heavy atom. The number of esters is 1. The van der Waals surface area contributed by atoms with Gasteiger partial charge in [-0.1, -0.05) is 124 Å². The first kappa shape index (κ1) is 34.1. The Hall–Kier alpha value is -5.27. The van der Waals surface area contributed by atoms with Crippen molar-refractivity contribution in [3.05, 3.63) is 137 Å². The van der Waals surface area contributed by atoms with Crippen LogP contribution in [0.25, 0.3) is 22.3 Å². The smallest absolute Gasteiger partial charge is 0.314 e. The highest BCUT2D eigenvalue weighted by Crippen LogP contribution is 2.47. The summed E-state index contributed by atoms with van der Waals surface area (Å²) in [7, 11) is 1.63. The van der Waals surface area contributed by atoms with Gasteiger partial charge in [-0.3, -0.25) is 4.79 Å². The van der Waals surface area contributed by atoms with E-state index in [1.807, 2.05) is 54.6 Å². The van der Waals surface area contributed by atoms with Gasteiger partial charge in [-0.2, -0.15) is 0 Å². The Labute approximate surface area is 286 Å². The fraction of sp³-hybridized carbons (Fsp3) is 0.250. The Morgan fingerprint density at radius 3 is 1.79 bits per heavy atom. The SMILES string of the molecule is COc1ccccc1N[C@H](C#Cc1ccccc1)CC(=O)Oc1c(-c2ccccc2C(C)C)c(C)cc(C)c1-c1ccccc1C(C)C. The molecule has 48 heavy (non-hydrogen) atoms. The van der Waals surface area contributed by atoms with Gasteiger partial charge in [-0.25, -0.2) is 0 Å². The molecule has 0 saturated heterocycles. The van der Waals surface area contributed by atoms with Crippen molar-refractivity contribution in [3.63, 3.8) is 0 Å². The maximum absolute atomic E-state index is 14.2. The third kappa shape index (κ3) is 7.81. The number of nitrogens with one attached hydrogen (secondary N) is 1. The monoisotopic (exact) mass is 635 g/mol. The normalized spacial score (nSPS) is 11.5. The van der Waals surface area contributed by atoms with Crippen molar-refractivity contribution in [1.29, 1.82) is 0 Å². The molecule has 5 rings (SSSR count). The fourth-order valence-electron chi connectivity index (χ4n) is 6.28. The van der Waals surface area contributed by atoms with Gasteiger partial charge in [-0.05, 0) is 83.3 Å². The largest absolute Gasteiger partial charge is 0.495 e. The highest BCUT2D eigenvalue weighted by molar-refractivity contribution is 5.91. The summed E-state index contributed by atoms with van der Waals surface area (Å²) in [4.78, 5) is 14.2. The van der Waals surface area contributed by atoms with Gasteiger partial charge < -0.3 is 14.8 Å². The fourth-order valence-corrected chi connectivity index (χ4v) is 6.28. The molecular formula is C44H45NO3. The number of anilines is 1. The van der Waals surface area contributed by atoms with E-state index in [4.69, 9.17) is 9.47 Å². The molecular weight excluding hydrogens is 590 g/mol. The Balaban J connectivity index is 1.64. The van der Waals surface area contributed by atoms with Crippen LogP contribution < -0.4 is 14.8 Å². The lowest BCUT2D eigenvalue weighted by Crippen LogP contribution is -2.25. The second kappa shape index (κ2) is 15.5. The molecule has 0 aliphatic rings. The maximum Gasteiger partial charge on any atom is 0.314 e. The van der Waals surface area contributed by atoms with Crippen LogP contribution in [-0.2, 0) is 4.79 Å². The van der Waals surface area contributed by atoms with Crippen molar-refractivity contribution in [3.8, 4) is 45.6 Å². The minimum Gasteiger partial charge on any atom is -0.495 e. The molecule has 0 fully saturated rings. The van der Waals surface area contributed by atoms with Gasteiger partial charge in [0, 0.05) is 16.7 Å². The number of benzene rings is 5. The molecule has 4 nitrogen and oxygen atoms in total. The van der Waals surface area contributed by atoms with Crippen LogP contribution >= 0.6 is 0 Å². The molecule has 0 heterocycles. The van der Waals surface area contributed by atoms with Gasteiger partial charge >= 0.3 is 5.97 Å². The third-order valence-corrected chi connectivity index (χ3v) is 8.57. The molecule has 5 aromatic rings. The number of rotatable bonds is 10. The van der Waals surface area contributed by atoms with Crippen LogP contribution in [0.3, 0.4) is 0 Å². The molecule has 0 aliphatic heterocycles. The van der Waals surface area contributed by atoms with Crippen molar-refractivity contribution < 1.29 is 14.3 Å². The zero-order valence-corrected chi connectivity index (χ0v) is 29.1. The summed E-state index contributed by atoms with van der Waals surface area (Å²) in [5.74, 6) is 7.98. The minimum atomic E-state index is -0.544. The van der Waals surface area contributed by atoms with Gasteiger partial charge in [0.2, 0.25) is 0 Å². The predicted molar refractivity (Wildman–Crippen MR) is 199 cm³/mol. The van der Waals surface area contributed by atoms with E-state index in [-0.39, 0.29) is 24.2 Å². The highest BCUT2D eigenvalue weighted by atomic mass is 16.5. The second-order valence-electron chi connectivity index (χ2n) is 12.8. The topological polar surface area (TPSA) is 47.6 Å². The second-order valence-corrected chi connectivity index (χ2v) is 12.8. The number of hydrogen-bond donors (Lipinski definition) is 1. The zero-order chi connectivity index (χ0) is 34.2. The minimum absolute atomic E-state index is 0.0153. The number of methoxy groups -OCH3 is 1. The number of ether oxygens (including phenoxy) is 2. The Bertz CT molecular complexity index is 1870. The molecule has 244 valence electrons. The first-order valence-electron chi connectivity index (χ1n) is 16.7. The van der Waals surface area contributed by atoms with E-state index in [0.717, 1.165) is 44.6 Å². The number of carbonyl (C=O) groups excluding carboxylic acids is 1. The Kier molecular flexibility index (Phi) is 11.0. The van der Waals surface area contributed by atoms with Gasteiger partial charge in [0.05, 0.1) is 25.3 Å². The molecule has 0 unspecified atom stereocenters. The molecule has 0 saturated carbocycles. The van der Waals surface area contributed by atoms with Crippen LogP contribution in [0.5, 0.6) is 11.5 Å². The molecule has 1 N–H and O–H groups in total. The van der Waals surface area contributed by atoms with Crippen molar-refractivity contribution in [2.45, 2.75) is 65.8 Å². The van der Waals surface area contributed by atoms with Crippen LogP contribution in [0.4, 0.5) is 5.69 Å². The average molecular weight is 636 g/mol. The van der Waals surface area contributed by atoms with Crippen LogP contribution in [0.2, 0.25) is 0 Å². The maximum atomic E-state index is 14.2. The van der Waals surface area contributed by atoms with E-state index in [1.54, 1.807) is 7.11 Å². The van der Waals surface area contributed by atoms with E-state index >= 15 is 0 Å². The van der Waals surface area contributed by atoms with Crippen molar-refractivity contribution in [2.24, 2.45) is 0 Å². The molecule has 0 aliphatic carbocycles. The van der Waals surface area contributed by atoms with E-state index in [0.29, 0.717) is 11.5 Å². The number of carbonyl (C=O) groups is 1. The standard InChI is InChI=1S/C44H45NO3/c1-29(2)35-19-11-13-21-37(35)42-31(5)27-32(6)43(38-22-14-12-20-36(38)30(3)4)44(42)48-41(46)28-34(26-25-33-17-9-8-10-18-33)45-39-23-15-16-24-40(39)47-7/h8-24,27,29-30,34,45H,28H2,1-7H3/t34-/m1/s1. The molecule has 0 aromatic heterocycles. The van der Waals surface area contributed by atoms with Crippen LogP contribution in [0, 0.1) is 25.7 Å². The van der Waals surface area contributed by atoms with Gasteiger partial charge in [-0.15, -0.1) is 0 Å². The summed E-state index contributed by atoms with van der Waals surface area (Å²) in [6.07, 6.45) is 0.0153. The number of hydrogen-bond acceptors (Lipinski definition) is 4. The van der Waals surface area contributed by atoms with E-state index in [9.17, 15) is 4.79 Å². The van der Waals surface area contributed by atoms with Crippen LogP contribution in [0.15, 0.2) is 109 Å². The first-order valence-corrected chi connectivity index (χ1v) is 16.7. The molecule has 0 spiro atoms. The third-order valence-electron chi connectivity index (χ3n) is 8.57. The summed E-state index contributed by atoms with van der Waals surface area (Å²) in [6, 6.07) is 36.0. The van der Waals surface area contributed by atoms with Gasteiger partial charge in [0.1, 0.15) is 11.5 Å². The van der Waals surface area contributed by atoms with E-state index < -0.39 is 6.04 Å². The number of aryl methyl sites for hydroxylation is 2. The van der Waals surface area contributed by atoms with Crippen molar-refractivity contribution in [1.82, 2.24) is 0 Å². The summed E-state index contributed by atoms with van der Waals surface area (Å²) < 4.78 is 12.2. The van der Waals surface area contributed by atoms with E-state index in [2.05, 4.69) is 113 Å². The van der Waals surface area contributed by atoms with Gasteiger partial charge in [0.25, 0.3) is 0 Å². The Morgan fingerprint density at radius 1 is 0.708 bits per heavy atom. The van der Waals surface area contributed by atoms with Crippen LogP contribution in [-0.4, -0.2) is 19.1 Å². The quantitative estimate of drug-likeness (QED) is 0.0942.